The molecule has 0 fully saturated rings. The molecule has 0 aliphatic heterocycles. The van der Waals surface area contributed by atoms with E-state index in [0.717, 1.165) is 55.2 Å². The van der Waals surface area contributed by atoms with Crippen LogP contribution in [0.1, 0.15) is 28.3 Å². The third kappa shape index (κ3) is 4.47. The summed E-state index contributed by atoms with van der Waals surface area (Å²) in [5, 5.41) is 9.68. The van der Waals surface area contributed by atoms with Crippen molar-refractivity contribution in [1.82, 2.24) is 24.7 Å². The molecule has 0 amide bonds. The van der Waals surface area contributed by atoms with Gasteiger partial charge < -0.3 is 10.1 Å². The SMILES string of the molecule is COc1ccc2nc(-n3nc(C)cc3Nc3nc(C)nc(C)c3Cc3ccc(Cl)cc3)sc2c1. The Morgan fingerprint density at radius 3 is 2.56 bits per heavy atom. The Hall–Kier alpha value is -3.49. The fourth-order valence-electron chi connectivity index (χ4n) is 3.82. The number of aryl methyl sites for hydroxylation is 3. The third-order valence-electron chi connectivity index (χ3n) is 5.46. The van der Waals surface area contributed by atoms with Gasteiger partial charge in [0.25, 0.3) is 0 Å². The van der Waals surface area contributed by atoms with Crippen LogP contribution in [-0.2, 0) is 6.42 Å². The molecule has 0 aliphatic carbocycles. The van der Waals surface area contributed by atoms with E-state index in [4.69, 9.17) is 31.4 Å². The number of anilines is 2. The van der Waals surface area contributed by atoms with E-state index in [0.29, 0.717) is 17.3 Å². The van der Waals surface area contributed by atoms with E-state index in [1.165, 1.54) is 0 Å². The van der Waals surface area contributed by atoms with Gasteiger partial charge in [0, 0.05) is 28.8 Å². The lowest BCUT2D eigenvalue weighted by molar-refractivity contribution is 0.415. The molecule has 0 spiro atoms. The topological polar surface area (TPSA) is 77.8 Å². The summed E-state index contributed by atoms with van der Waals surface area (Å²) in [6.07, 6.45) is 0.680. The fourth-order valence-corrected chi connectivity index (χ4v) is 4.91. The normalized spacial score (nSPS) is 11.2. The number of ether oxygens (including phenoxy) is 1. The van der Waals surface area contributed by atoms with Crippen LogP contribution in [0.15, 0.2) is 48.5 Å². The minimum absolute atomic E-state index is 0.680. The van der Waals surface area contributed by atoms with Gasteiger partial charge >= 0.3 is 0 Å². The van der Waals surface area contributed by atoms with Gasteiger partial charge in [-0.3, -0.25) is 0 Å². The molecule has 0 saturated heterocycles. The molecule has 3 heterocycles. The molecule has 9 heteroatoms. The number of fused-ring (bicyclic) bond motifs is 1. The molecule has 3 aromatic heterocycles. The number of hydrogen-bond acceptors (Lipinski definition) is 7. The first-order valence-electron chi connectivity index (χ1n) is 10.8. The molecule has 5 aromatic rings. The highest BCUT2D eigenvalue weighted by molar-refractivity contribution is 7.20. The van der Waals surface area contributed by atoms with Crippen molar-refractivity contribution in [3.63, 3.8) is 0 Å². The highest BCUT2D eigenvalue weighted by Gasteiger charge is 2.17. The summed E-state index contributed by atoms with van der Waals surface area (Å²) in [5.41, 5.74) is 4.86. The predicted octanol–water partition coefficient (Wildman–Crippen LogP) is 6.19. The second-order valence-corrected chi connectivity index (χ2v) is 9.47. The standard InChI is InChI=1S/C25H23ClN6OS/c1-14-11-23(32(31-14)25-29-21-10-9-19(33-4)13-22(21)34-25)30-24-20(15(2)27-16(3)28-24)12-17-5-7-18(26)8-6-17/h5-11,13H,12H2,1-4H3,(H,27,28,30). The molecule has 2 aromatic carbocycles. The van der Waals surface area contributed by atoms with Gasteiger partial charge in [0.05, 0.1) is 23.0 Å². The minimum atomic E-state index is 0.680. The maximum absolute atomic E-state index is 6.07. The third-order valence-corrected chi connectivity index (χ3v) is 6.71. The van der Waals surface area contributed by atoms with E-state index in [1.54, 1.807) is 18.4 Å². The molecule has 5 rings (SSSR count). The van der Waals surface area contributed by atoms with Gasteiger partial charge in [-0.25, -0.2) is 15.0 Å². The molecule has 1 N–H and O–H groups in total. The zero-order chi connectivity index (χ0) is 23.8. The average Bonchev–Trinajstić information content (AvgIpc) is 3.39. The first-order chi connectivity index (χ1) is 16.4. The van der Waals surface area contributed by atoms with Gasteiger partial charge in [-0.05, 0) is 56.7 Å². The zero-order valence-corrected chi connectivity index (χ0v) is 20.8. The van der Waals surface area contributed by atoms with Crippen LogP contribution < -0.4 is 10.1 Å². The molecular formula is C25H23ClN6OS. The summed E-state index contributed by atoms with van der Waals surface area (Å²) in [4.78, 5) is 14.1. The second-order valence-electron chi connectivity index (χ2n) is 8.02. The van der Waals surface area contributed by atoms with Crippen molar-refractivity contribution in [2.24, 2.45) is 0 Å². The molecule has 0 aliphatic rings. The highest BCUT2D eigenvalue weighted by Crippen LogP contribution is 2.31. The largest absolute Gasteiger partial charge is 0.497 e. The number of aromatic nitrogens is 5. The van der Waals surface area contributed by atoms with E-state index in [9.17, 15) is 0 Å². The summed E-state index contributed by atoms with van der Waals surface area (Å²) < 4.78 is 8.22. The molecule has 0 saturated carbocycles. The van der Waals surface area contributed by atoms with Gasteiger partial charge in [-0.1, -0.05) is 35.1 Å². The molecule has 0 unspecified atom stereocenters. The van der Waals surface area contributed by atoms with E-state index in [-0.39, 0.29) is 0 Å². The van der Waals surface area contributed by atoms with E-state index < -0.39 is 0 Å². The van der Waals surface area contributed by atoms with Gasteiger partial charge in [-0.2, -0.15) is 9.78 Å². The van der Waals surface area contributed by atoms with Gasteiger partial charge in [0.2, 0.25) is 5.13 Å². The number of benzene rings is 2. The number of hydrogen-bond donors (Lipinski definition) is 1. The number of thiazole rings is 1. The van der Waals surface area contributed by atoms with Gasteiger partial charge in [0.1, 0.15) is 23.2 Å². The van der Waals surface area contributed by atoms with Crippen LogP contribution in [0.2, 0.25) is 5.02 Å². The van der Waals surface area contributed by atoms with E-state index in [2.05, 4.69) is 10.3 Å². The quantitative estimate of drug-likeness (QED) is 0.305. The van der Waals surface area contributed by atoms with Crippen LogP contribution in [0.4, 0.5) is 11.6 Å². The number of halogens is 1. The van der Waals surface area contributed by atoms with Crippen molar-refractivity contribution >= 4 is 44.8 Å². The number of rotatable bonds is 6. The van der Waals surface area contributed by atoms with Crippen molar-refractivity contribution in [3.05, 3.63) is 81.9 Å². The molecule has 0 radical (unpaired) electrons. The molecule has 0 atom stereocenters. The first kappa shape index (κ1) is 22.3. The number of nitrogens with zero attached hydrogens (tertiary/aromatic N) is 5. The smallest absolute Gasteiger partial charge is 0.213 e. The Labute approximate surface area is 206 Å². The maximum atomic E-state index is 6.07. The maximum Gasteiger partial charge on any atom is 0.213 e. The summed E-state index contributed by atoms with van der Waals surface area (Å²) in [7, 11) is 1.66. The van der Waals surface area contributed by atoms with E-state index in [1.807, 2.05) is 74.0 Å². The summed E-state index contributed by atoms with van der Waals surface area (Å²) >= 11 is 7.63. The lowest BCUT2D eigenvalue weighted by Crippen LogP contribution is -2.09. The molecule has 7 nitrogen and oxygen atoms in total. The number of nitrogens with one attached hydrogen (secondary N) is 1. The summed E-state index contributed by atoms with van der Waals surface area (Å²) in [6, 6.07) is 15.7. The first-order valence-corrected chi connectivity index (χ1v) is 12.0. The number of methoxy groups -OCH3 is 1. The molecule has 34 heavy (non-hydrogen) atoms. The average molecular weight is 491 g/mol. The van der Waals surface area contributed by atoms with E-state index >= 15 is 0 Å². The Bertz CT molecular complexity index is 1490. The molecule has 172 valence electrons. The van der Waals surface area contributed by atoms with Gasteiger partial charge in [-0.15, -0.1) is 0 Å². The van der Waals surface area contributed by atoms with Crippen molar-refractivity contribution in [2.45, 2.75) is 27.2 Å². The van der Waals surface area contributed by atoms with Gasteiger partial charge in [0.15, 0.2) is 0 Å². The summed E-state index contributed by atoms with van der Waals surface area (Å²) in [5.74, 6) is 3.05. The molecular weight excluding hydrogens is 468 g/mol. The van der Waals surface area contributed by atoms with Crippen molar-refractivity contribution in [1.29, 1.82) is 0 Å². The lowest BCUT2D eigenvalue weighted by Gasteiger charge is -2.14. The predicted molar refractivity (Wildman–Crippen MR) is 137 cm³/mol. The summed E-state index contributed by atoms with van der Waals surface area (Å²) in [6.45, 7) is 5.87. The van der Waals surface area contributed by atoms with Crippen LogP contribution in [-0.4, -0.2) is 31.8 Å². The zero-order valence-electron chi connectivity index (χ0n) is 19.3. The fraction of sp³-hybridized carbons (Fsp3) is 0.200. The Morgan fingerprint density at radius 1 is 1.00 bits per heavy atom. The van der Waals surface area contributed by atoms with Crippen molar-refractivity contribution in [2.75, 3.05) is 12.4 Å². The molecule has 0 bridgehead atoms. The second kappa shape index (κ2) is 9.04. The minimum Gasteiger partial charge on any atom is -0.497 e. The van der Waals surface area contributed by atoms with Crippen LogP contribution in [0, 0.1) is 20.8 Å². The monoisotopic (exact) mass is 490 g/mol. The van der Waals surface area contributed by atoms with Crippen molar-refractivity contribution < 1.29 is 4.74 Å². The Kier molecular flexibility index (Phi) is 5.93. The lowest BCUT2D eigenvalue weighted by atomic mass is 10.0. The Morgan fingerprint density at radius 2 is 1.79 bits per heavy atom. The van der Waals surface area contributed by atoms with Crippen LogP contribution >= 0.6 is 22.9 Å². The van der Waals surface area contributed by atoms with Crippen LogP contribution in [0.5, 0.6) is 5.75 Å². The van der Waals surface area contributed by atoms with Crippen molar-refractivity contribution in [3.8, 4) is 10.9 Å². The Balaban J connectivity index is 1.54. The highest BCUT2D eigenvalue weighted by atomic mass is 35.5. The van der Waals surface area contributed by atoms with Crippen LogP contribution in [0.3, 0.4) is 0 Å². The van der Waals surface area contributed by atoms with Crippen LogP contribution in [0.25, 0.3) is 15.3 Å².